The maximum atomic E-state index is 12.5. The Morgan fingerprint density at radius 1 is 1.42 bits per heavy atom. The second kappa shape index (κ2) is 6.59. The predicted octanol–water partition coefficient (Wildman–Crippen LogP) is 1.59. The molecule has 1 aromatic rings. The van der Waals surface area contributed by atoms with Crippen LogP contribution in [0.5, 0.6) is 0 Å². The smallest absolute Gasteiger partial charge is 0.155 e. The van der Waals surface area contributed by atoms with Crippen LogP contribution in [0, 0.1) is 0 Å². The SMILES string of the molecule is CN1CCCN(C)C(C(=O)Cc2cncc(Br)c2)C1. The van der Waals surface area contributed by atoms with Crippen LogP contribution in [0.15, 0.2) is 22.9 Å². The van der Waals surface area contributed by atoms with E-state index >= 15 is 0 Å². The molecular formula is C14H20BrN3O. The van der Waals surface area contributed by atoms with Gasteiger partial charge in [0.15, 0.2) is 5.78 Å². The van der Waals surface area contributed by atoms with Gasteiger partial charge in [0.05, 0.1) is 6.04 Å². The van der Waals surface area contributed by atoms with Gasteiger partial charge < -0.3 is 4.90 Å². The summed E-state index contributed by atoms with van der Waals surface area (Å²) in [5.41, 5.74) is 0.972. The summed E-state index contributed by atoms with van der Waals surface area (Å²) in [6.45, 7) is 2.86. The van der Waals surface area contributed by atoms with Crippen LogP contribution in [0.2, 0.25) is 0 Å². The van der Waals surface area contributed by atoms with Crippen LogP contribution in [0.25, 0.3) is 0 Å². The van der Waals surface area contributed by atoms with Crippen molar-refractivity contribution in [2.75, 3.05) is 33.7 Å². The molecule has 1 saturated heterocycles. The lowest BCUT2D eigenvalue weighted by Gasteiger charge is -2.26. The molecule has 19 heavy (non-hydrogen) atoms. The van der Waals surface area contributed by atoms with E-state index in [9.17, 15) is 4.79 Å². The molecule has 1 aromatic heterocycles. The molecule has 0 spiro atoms. The Morgan fingerprint density at radius 2 is 2.21 bits per heavy atom. The molecule has 0 radical (unpaired) electrons. The molecule has 0 aromatic carbocycles. The van der Waals surface area contributed by atoms with E-state index in [1.54, 1.807) is 12.4 Å². The lowest BCUT2D eigenvalue weighted by Crippen LogP contribution is -2.44. The minimum absolute atomic E-state index is 0.00789. The fourth-order valence-electron chi connectivity index (χ4n) is 2.49. The number of hydrogen-bond donors (Lipinski definition) is 0. The Labute approximate surface area is 122 Å². The van der Waals surface area contributed by atoms with Crippen molar-refractivity contribution in [3.05, 3.63) is 28.5 Å². The van der Waals surface area contributed by atoms with Crippen LogP contribution < -0.4 is 0 Å². The fourth-order valence-corrected chi connectivity index (χ4v) is 2.90. The Morgan fingerprint density at radius 3 is 2.95 bits per heavy atom. The first-order chi connectivity index (χ1) is 9.06. The van der Waals surface area contributed by atoms with Crippen LogP contribution in [0.1, 0.15) is 12.0 Å². The number of hydrogen-bond acceptors (Lipinski definition) is 4. The molecule has 0 aliphatic carbocycles. The Bertz CT molecular complexity index is 452. The van der Waals surface area contributed by atoms with E-state index in [1.165, 1.54) is 0 Å². The standard InChI is InChI=1S/C14H20BrN3O/c1-17-4-3-5-18(2)13(10-17)14(19)7-11-6-12(15)9-16-8-11/h6,8-9,13H,3-5,7,10H2,1-2H3. The number of rotatable bonds is 3. The highest BCUT2D eigenvalue weighted by Gasteiger charge is 2.26. The number of likely N-dealkylation sites (N-methyl/N-ethyl adjacent to an activating group) is 2. The van der Waals surface area contributed by atoms with E-state index in [1.807, 2.05) is 13.1 Å². The quantitative estimate of drug-likeness (QED) is 0.845. The summed E-state index contributed by atoms with van der Waals surface area (Å²) in [7, 11) is 4.13. The zero-order valence-electron chi connectivity index (χ0n) is 11.5. The lowest BCUT2D eigenvalue weighted by molar-refractivity contribution is -0.123. The summed E-state index contributed by atoms with van der Waals surface area (Å²) >= 11 is 3.39. The van der Waals surface area contributed by atoms with Crippen LogP contribution in [0.4, 0.5) is 0 Å². The van der Waals surface area contributed by atoms with Gasteiger partial charge in [-0.3, -0.25) is 14.7 Å². The third-order valence-corrected chi connectivity index (χ3v) is 4.01. The summed E-state index contributed by atoms with van der Waals surface area (Å²) < 4.78 is 0.920. The van der Waals surface area contributed by atoms with Gasteiger partial charge in [0.1, 0.15) is 0 Å². The first-order valence-corrected chi connectivity index (χ1v) is 7.36. The number of Topliss-reactive ketones (excluding diaryl/α,β-unsaturated/α-hetero) is 1. The number of aromatic nitrogens is 1. The maximum absolute atomic E-state index is 12.5. The number of ketones is 1. The highest BCUT2D eigenvalue weighted by atomic mass is 79.9. The number of carbonyl (C=O) groups excluding carboxylic acids is 1. The number of pyridine rings is 1. The average Bonchev–Trinajstić information content (AvgIpc) is 2.51. The molecule has 2 heterocycles. The summed E-state index contributed by atoms with van der Waals surface area (Å²) in [6.07, 6.45) is 5.08. The van der Waals surface area contributed by atoms with Gasteiger partial charge >= 0.3 is 0 Å². The third kappa shape index (κ3) is 4.09. The zero-order valence-corrected chi connectivity index (χ0v) is 13.1. The molecule has 0 N–H and O–H groups in total. The number of carbonyl (C=O) groups is 1. The van der Waals surface area contributed by atoms with Crippen molar-refractivity contribution in [1.82, 2.24) is 14.8 Å². The molecule has 4 nitrogen and oxygen atoms in total. The fraction of sp³-hybridized carbons (Fsp3) is 0.571. The van der Waals surface area contributed by atoms with Crippen LogP contribution in [0.3, 0.4) is 0 Å². The summed E-state index contributed by atoms with van der Waals surface area (Å²) in [5.74, 6) is 0.274. The second-order valence-corrected chi connectivity index (χ2v) is 6.18. The molecule has 0 saturated carbocycles. The molecule has 1 fully saturated rings. The van der Waals surface area contributed by atoms with Gasteiger partial charge in [-0.2, -0.15) is 0 Å². The van der Waals surface area contributed by atoms with E-state index in [-0.39, 0.29) is 11.8 Å². The average molecular weight is 326 g/mol. The van der Waals surface area contributed by atoms with Crippen molar-refractivity contribution >= 4 is 21.7 Å². The van der Waals surface area contributed by atoms with Gasteiger partial charge in [0, 0.05) is 29.8 Å². The predicted molar refractivity (Wildman–Crippen MR) is 79.2 cm³/mol. The molecule has 0 bridgehead atoms. The second-order valence-electron chi connectivity index (χ2n) is 5.27. The van der Waals surface area contributed by atoms with Gasteiger partial charge in [0.2, 0.25) is 0 Å². The van der Waals surface area contributed by atoms with Gasteiger partial charge in [-0.05, 0) is 61.2 Å². The first kappa shape index (κ1) is 14.6. The first-order valence-electron chi connectivity index (χ1n) is 6.57. The van der Waals surface area contributed by atoms with Crippen molar-refractivity contribution in [1.29, 1.82) is 0 Å². The van der Waals surface area contributed by atoms with E-state index in [2.05, 4.69) is 37.8 Å². The van der Waals surface area contributed by atoms with E-state index in [4.69, 9.17) is 0 Å². The van der Waals surface area contributed by atoms with E-state index in [0.717, 1.165) is 36.1 Å². The Hall–Kier alpha value is -0.780. The number of halogens is 1. The zero-order chi connectivity index (χ0) is 13.8. The van der Waals surface area contributed by atoms with Crippen LogP contribution >= 0.6 is 15.9 Å². The van der Waals surface area contributed by atoms with Crippen LogP contribution in [-0.2, 0) is 11.2 Å². The minimum atomic E-state index is -0.00789. The summed E-state index contributed by atoms with van der Waals surface area (Å²) in [6, 6.07) is 1.96. The normalized spacial score (nSPS) is 22.2. The van der Waals surface area contributed by atoms with Crippen LogP contribution in [-0.4, -0.2) is 60.3 Å². The Kier molecular flexibility index (Phi) is 5.07. The Balaban J connectivity index is 2.05. The maximum Gasteiger partial charge on any atom is 0.155 e. The van der Waals surface area contributed by atoms with Crippen molar-refractivity contribution in [2.24, 2.45) is 0 Å². The van der Waals surface area contributed by atoms with Gasteiger partial charge in [-0.25, -0.2) is 0 Å². The number of nitrogens with zero attached hydrogens (tertiary/aromatic N) is 3. The summed E-state index contributed by atoms with van der Waals surface area (Å²) in [4.78, 5) is 21.0. The minimum Gasteiger partial charge on any atom is -0.304 e. The van der Waals surface area contributed by atoms with Crippen molar-refractivity contribution in [3.63, 3.8) is 0 Å². The van der Waals surface area contributed by atoms with Gasteiger partial charge in [-0.15, -0.1) is 0 Å². The van der Waals surface area contributed by atoms with E-state index < -0.39 is 0 Å². The monoisotopic (exact) mass is 325 g/mol. The van der Waals surface area contributed by atoms with Crippen molar-refractivity contribution in [3.8, 4) is 0 Å². The van der Waals surface area contributed by atoms with Gasteiger partial charge in [0.25, 0.3) is 0 Å². The third-order valence-electron chi connectivity index (χ3n) is 3.58. The van der Waals surface area contributed by atoms with E-state index in [0.29, 0.717) is 6.42 Å². The highest BCUT2D eigenvalue weighted by molar-refractivity contribution is 9.10. The van der Waals surface area contributed by atoms with Gasteiger partial charge in [-0.1, -0.05) is 0 Å². The topological polar surface area (TPSA) is 36.4 Å². The van der Waals surface area contributed by atoms with Crippen molar-refractivity contribution < 1.29 is 4.79 Å². The summed E-state index contributed by atoms with van der Waals surface area (Å²) in [5, 5.41) is 0. The molecule has 5 heteroatoms. The molecule has 104 valence electrons. The molecule has 1 aliphatic rings. The molecular weight excluding hydrogens is 306 g/mol. The molecule has 2 rings (SSSR count). The molecule has 1 aliphatic heterocycles. The largest absolute Gasteiger partial charge is 0.304 e. The highest BCUT2D eigenvalue weighted by Crippen LogP contribution is 2.13. The molecule has 0 amide bonds. The molecule has 1 atom stereocenters. The van der Waals surface area contributed by atoms with Crippen molar-refractivity contribution in [2.45, 2.75) is 18.9 Å². The molecule has 1 unspecified atom stereocenters. The lowest BCUT2D eigenvalue weighted by atomic mass is 10.0.